The summed E-state index contributed by atoms with van der Waals surface area (Å²) in [6, 6.07) is 19.3. The minimum atomic E-state index is -0.0120. The Balaban J connectivity index is 1.36. The molecular weight excluding hydrogens is 370 g/mol. The number of aromatic nitrogens is 1. The molecule has 4 nitrogen and oxygen atoms in total. The zero-order valence-corrected chi connectivity index (χ0v) is 17.8. The summed E-state index contributed by atoms with van der Waals surface area (Å²) in [5.41, 5.74) is 7.10. The lowest BCUT2D eigenvalue weighted by atomic mass is 9.99. The summed E-state index contributed by atoms with van der Waals surface area (Å²) in [6.45, 7) is 7.15. The van der Waals surface area contributed by atoms with E-state index < -0.39 is 0 Å². The Morgan fingerprint density at radius 2 is 1.70 bits per heavy atom. The highest BCUT2D eigenvalue weighted by Gasteiger charge is 2.22. The largest absolute Gasteiger partial charge is 0.348 e. The molecule has 154 valence electrons. The molecule has 1 saturated heterocycles. The van der Waals surface area contributed by atoms with Crippen LogP contribution in [0.1, 0.15) is 39.9 Å². The lowest BCUT2D eigenvalue weighted by Crippen LogP contribution is -2.47. The average molecular weight is 400 g/mol. The molecule has 1 atom stereocenters. The molecule has 4 rings (SSSR count). The first kappa shape index (κ1) is 20.3. The number of benzene rings is 2. The fourth-order valence-corrected chi connectivity index (χ4v) is 4.29. The first-order valence-electron chi connectivity index (χ1n) is 10.7. The van der Waals surface area contributed by atoms with E-state index in [4.69, 9.17) is 0 Å². The van der Waals surface area contributed by atoms with Gasteiger partial charge in [-0.3, -0.25) is 14.7 Å². The summed E-state index contributed by atoms with van der Waals surface area (Å²) in [5.74, 6) is -0.0120. The van der Waals surface area contributed by atoms with E-state index in [-0.39, 0.29) is 11.9 Å². The second kappa shape index (κ2) is 9.23. The van der Waals surface area contributed by atoms with Crippen LogP contribution < -0.4 is 5.32 Å². The van der Waals surface area contributed by atoms with Gasteiger partial charge in [-0.15, -0.1) is 0 Å². The van der Waals surface area contributed by atoms with Gasteiger partial charge in [0.15, 0.2) is 0 Å². The molecule has 1 fully saturated rings. The summed E-state index contributed by atoms with van der Waals surface area (Å²) in [6.07, 6.45) is 5.44. The average Bonchev–Trinajstić information content (AvgIpc) is 2.74. The van der Waals surface area contributed by atoms with Crippen LogP contribution in [-0.4, -0.2) is 34.9 Å². The SMILES string of the molecule is Cc1cc(C)cc(-c2ccc(CN3CCCC(NC(=O)c4ccncc4)C3)cc2)c1. The van der Waals surface area contributed by atoms with Crippen molar-refractivity contribution >= 4 is 5.91 Å². The Morgan fingerprint density at radius 1 is 1.00 bits per heavy atom. The van der Waals surface area contributed by atoms with Crippen LogP contribution in [0.3, 0.4) is 0 Å². The van der Waals surface area contributed by atoms with E-state index in [1.54, 1.807) is 24.5 Å². The molecule has 2 aromatic carbocycles. The van der Waals surface area contributed by atoms with Gasteiger partial charge in [-0.05, 0) is 62.1 Å². The van der Waals surface area contributed by atoms with Crippen LogP contribution >= 0.6 is 0 Å². The number of carbonyl (C=O) groups is 1. The van der Waals surface area contributed by atoms with Crippen molar-refractivity contribution in [2.45, 2.75) is 39.3 Å². The quantitative estimate of drug-likeness (QED) is 0.673. The van der Waals surface area contributed by atoms with Crippen LogP contribution in [0.5, 0.6) is 0 Å². The Labute approximate surface area is 179 Å². The Hall–Kier alpha value is -2.98. The molecule has 0 saturated carbocycles. The van der Waals surface area contributed by atoms with Gasteiger partial charge in [0.2, 0.25) is 0 Å². The number of likely N-dealkylation sites (tertiary alicyclic amines) is 1. The van der Waals surface area contributed by atoms with Crippen molar-refractivity contribution in [1.82, 2.24) is 15.2 Å². The molecule has 3 aromatic rings. The molecule has 0 aliphatic carbocycles. The predicted octanol–water partition coefficient (Wildman–Crippen LogP) is 4.76. The molecule has 1 aromatic heterocycles. The van der Waals surface area contributed by atoms with Crippen LogP contribution in [0.4, 0.5) is 0 Å². The summed E-state index contributed by atoms with van der Waals surface area (Å²) in [7, 11) is 0. The maximum absolute atomic E-state index is 12.4. The first-order valence-corrected chi connectivity index (χ1v) is 10.7. The highest BCUT2D eigenvalue weighted by Crippen LogP contribution is 2.23. The van der Waals surface area contributed by atoms with Crippen molar-refractivity contribution < 1.29 is 4.79 Å². The van der Waals surface area contributed by atoms with Gasteiger partial charge in [0.05, 0.1) is 0 Å². The van der Waals surface area contributed by atoms with E-state index in [0.717, 1.165) is 32.5 Å². The minimum Gasteiger partial charge on any atom is -0.348 e. The summed E-state index contributed by atoms with van der Waals surface area (Å²) in [4.78, 5) is 18.9. The third kappa shape index (κ3) is 5.14. The molecule has 1 aliphatic heterocycles. The summed E-state index contributed by atoms with van der Waals surface area (Å²) in [5, 5.41) is 3.18. The Morgan fingerprint density at radius 3 is 2.40 bits per heavy atom. The van der Waals surface area contributed by atoms with Crippen molar-refractivity contribution in [2.24, 2.45) is 0 Å². The van der Waals surface area contributed by atoms with Crippen LogP contribution in [0.15, 0.2) is 67.0 Å². The number of amides is 1. The van der Waals surface area contributed by atoms with E-state index in [1.165, 1.54) is 27.8 Å². The van der Waals surface area contributed by atoms with Crippen molar-refractivity contribution in [1.29, 1.82) is 0 Å². The number of piperidine rings is 1. The van der Waals surface area contributed by atoms with E-state index in [9.17, 15) is 4.79 Å². The molecule has 0 radical (unpaired) electrons. The summed E-state index contributed by atoms with van der Waals surface area (Å²) >= 11 is 0. The molecule has 2 heterocycles. The highest BCUT2D eigenvalue weighted by molar-refractivity contribution is 5.94. The molecule has 0 bridgehead atoms. The van der Waals surface area contributed by atoms with E-state index in [2.05, 4.69) is 71.5 Å². The van der Waals surface area contributed by atoms with Crippen molar-refractivity contribution in [3.05, 3.63) is 89.2 Å². The normalized spacial score (nSPS) is 16.9. The lowest BCUT2D eigenvalue weighted by Gasteiger charge is -2.33. The van der Waals surface area contributed by atoms with Crippen LogP contribution in [-0.2, 0) is 6.54 Å². The second-order valence-corrected chi connectivity index (χ2v) is 8.36. The van der Waals surface area contributed by atoms with E-state index in [1.807, 2.05) is 0 Å². The molecule has 1 unspecified atom stereocenters. The van der Waals surface area contributed by atoms with E-state index >= 15 is 0 Å². The topological polar surface area (TPSA) is 45.2 Å². The zero-order chi connectivity index (χ0) is 20.9. The van der Waals surface area contributed by atoms with E-state index in [0.29, 0.717) is 5.56 Å². The number of rotatable bonds is 5. The van der Waals surface area contributed by atoms with Crippen molar-refractivity contribution in [3.63, 3.8) is 0 Å². The first-order chi connectivity index (χ1) is 14.6. The standard InChI is InChI=1S/C26H29N3O/c1-19-14-20(2)16-24(15-19)22-7-5-21(6-8-22)17-29-13-3-4-25(18-29)28-26(30)23-9-11-27-12-10-23/h5-12,14-16,25H,3-4,13,17-18H2,1-2H3,(H,28,30). The zero-order valence-electron chi connectivity index (χ0n) is 17.8. The summed E-state index contributed by atoms with van der Waals surface area (Å²) < 4.78 is 0. The number of aryl methyl sites for hydroxylation is 2. The van der Waals surface area contributed by atoms with Crippen LogP contribution in [0, 0.1) is 13.8 Å². The number of pyridine rings is 1. The maximum Gasteiger partial charge on any atom is 0.251 e. The Bertz CT molecular complexity index is 978. The van der Waals surface area contributed by atoms with Crippen molar-refractivity contribution in [2.75, 3.05) is 13.1 Å². The van der Waals surface area contributed by atoms with Gasteiger partial charge in [-0.1, -0.05) is 53.6 Å². The number of hydrogen-bond acceptors (Lipinski definition) is 3. The molecule has 4 heteroatoms. The predicted molar refractivity (Wildman–Crippen MR) is 121 cm³/mol. The van der Waals surface area contributed by atoms with Gasteiger partial charge in [-0.2, -0.15) is 0 Å². The monoisotopic (exact) mass is 399 g/mol. The fourth-order valence-electron chi connectivity index (χ4n) is 4.29. The number of nitrogens with zero attached hydrogens (tertiary/aromatic N) is 2. The van der Waals surface area contributed by atoms with Gasteiger partial charge in [0.1, 0.15) is 0 Å². The van der Waals surface area contributed by atoms with Crippen molar-refractivity contribution in [3.8, 4) is 11.1 Å². The van der Waals surface area contributed by atoms with Gasteiger partial charge in [-0.25, -0.2) is 0 Å². The molecule has 1 N–H and O–H groups in total. The molecule has 0 spiro atoms. The number of nitrogens with one attached hydrogen (secondary N) is 1. The smallest absolute Gasteiger partial charge is 0.251 e. The maximum atomic E-state index is 12.4. The molecule has 30 heavy (non-hydrogen) atoms. The number of carbonyl (C=O) groups excluding carboxylic acids is 1. The van der Waals surface area contributed by atoms with Gasteiger partial charge < -0.3 is 5.32 Å². The Kier molecular flexibility index (Phi) is 6.24. The van der Waals surface area contributed by atoms with Crippen LogP contribution in [0.2, 0.25) is 0 Å². The van der Waals surface area contributed by atoms with Gasteiger partial charge in [0.25, 0.3) is 5.91 Å². The third-order valence-corrected chi connectivity index (χ3v) is 5.70. The van der Waals surface area contributed by atoms with Gasteiger partial charge >= 0.3 is 0 Å². The molecule has 1 aliphatic rings. The van der Waals surface area contributed by atoms with Crippen LogP contribution in [0.25, 0.3) is 11.1 Å². The lowest BCUT2D eigenvalue weighted by molar-refractivity contribution is 0.0900. The minimum absolute atomic E-state index is 0.0120. The fraction of sp³-hybridized carbons (Fsp3) is 0.308. The number of hydrogen-bond donors (Lipinski definition) is 1. The van der Waals surface area contributed by atoms with Gasteiger partial charge in [0, 0.05) is 37.1 Å². The molecular formula is C26H29N3O. The molecule has 1 amide bonds. The highest BCUT2D eigenvalue weighted by atomic mass is 16.1. The third-order valence-electron chi connectivity index (χ3n) is 5.70. The second-order valence-electron chi connectivity index (χ2n) is 8.36.